The monoisotopic (exact) mass is 613 g/mol. The topological polar surface area (TPSA) is 106 Å². The molecule has 10 heteroatoms. The SMILES string of the molecule is C[C@@H]1[C@@H](C)CCCC(C=O)[C@@H]2CC[C@H]2CN2C[C@@]3(CCCc4cc(Cl)ccc43)COc3ccc(nc32)C(=O)NS1(=O)=O. The molecule has 1 unspecified atom stereocenters. The highest BCUT2D eigenvalue weighted by Crippen LogP contribution is 2.47. The Balaban J connectivity index is 1.42. The van der Waals surface area contributed by atoms with E-state index in [-0.39, 0.29) is 28.9 Å². The van der Waals surface area contributed by atoms with Crippen LogP contribution in [0, 0.1) is 23.7 Å². The van der Waals surface area contributed by atoms with Gasteiger partial charge in [0.05, 0.1) is 11.9 Å². The Morgan fingerprint density at radius 1 is 1.12 bits per heavy atom. The third-order valence-electron chi connectivity index (χ3n) is 10.5. The van der Waals surface area contributed by atoms with Crippen molar-refractivity contribution in [3.05, 3.63) is 52.2 Å². The molecule has 1 spiro atoms. The standard InChI is InChI=1S/C32H40ClN3O5S/c1-20-5-3-6-24(17-37)26-10-8-23(26)16-36-18-32(14-4-7-22-15-25(33)9-11-27(22)32)19-41-29-13-12-28(34-30(29)36)31(38)35-42(39,40)21(20)2/h9,11-13,15,17,20-21,23-24,26H,3-8,10,14,16,18-19H2,1-2H3,(H,35,38)/t20-,21+,23-,24?,26+,32-/m0/s1. The van der Waals surface area contributed by atoms with Crippen LogP contribution in [0.25, 0.3) is 0 Å². The Hall–Kier alpha value is -2.65. The van der Waals surface area contributed by atoms with Crippen LogP contribution >= 0.6 is 11.6 Å². The van der Waals surface area contributed by atoms with E-state index in [0.29, 0.717) is 43.6 Å². The average molecular weight is 614 g/mol. The van der Waals surface area contributed by atoms with Crippen LogP contribution in [0.15, 0.2) is 30.3 Å². The molecule has 1 N–H and O–H groups in total. The maximum atomic E-state index is 13.3. The molecule has 2 bridgehead atoms. The summed E-state index contributed by atoms with van der Waals surface area (Å²) in [5.74, 6) is 0.783. The summed E-state index contributed by atoms with van der Waals surface area (Å²) >= 11 is 6.38. The van der Waals surface area contributed by atoms with Crippen molar-refractivity contribution in [2.24, 2.45) is 23.7 Å². The summed E-state index contributed by atoms with van der Waals surface area (Å²) in [7, 11) is -3.93. The number of anilines is 1. The molecule has 1 saturated carbocycles. The summed E-state index contributed by atoms with van der Waals surface area (Å²) in [6.07, 6.45) is 8.26. The van der Waals surface area contributed by atoms with Crippen LogP contribution in [-0.4, -0.2) is 50.5 Å². The molecule has 0 saturated heterocycles. The van der Waals surface area contributed by atoms with Gasteiger partial charge in [0.1, 0.15) is 12.0 Å². The first-order chi connectivity index (χ1) is 20.1. The number of hydrogen-bond acceptors (Lipinski definition) is 7. The summed E-state index contributed by atoms with van der Waals surface area (Å²) in [6.45, 7) is 5.33. The van der Waals surface area contributed by atoms with Crippen molar-refractivity contribution in [1.29, 1.82) is 0 Å². The number of ether oxygens (including phenoxy) is 1. The van der Waals surface area contributed by atoms with E-state index in [0.717, 1.165) is 56.3 Å². The number of carbonyl (C=O) groups excluding carboxylic acids is 2. The molecule has 6 atom stereocenters. The predicted molar refractivity (Wildman–Crippen MR) is 163 cm³/mol. The van der Waals surface area contributed by atoms with Crippen LogP contribution in [0.5, 0.6) is 5.75 Å². The van der Waals surface area contributed by atoms with E-state index in [9.17, 15) is 18.0 Å². The van der Waals surface area contributed by atoms with E-state index in [1.165, 1.54) is 11.1 Å². The Labute approximate surface area is 253 Å². The highest BCUT2D eigenvalue weighted by Gasteiger charge is 2.45. The molecule has 2 aliphatic carbocycles. The third-order valence-corrected chi connectivity index (χ3v) is 12.6. The van der Waals surface area contributed by atoms with Crippen molar-refractivity contribution < 1.29 is 22.7 Å². The van der Waals surface area contributed by atoms with Crippen LogP contribution in [0.4, 0.5) is 5.82 Å². The van der Waals surface area contributed by atoms with Crippen molar-refractivity contribution in [2.45, 2.75) is 75.9 Å². The molecule has 42 heavy (non-hydrogen) atoms. The fourth-order valence-corrected chi connectivity index (χ4v) is 9.14. The number of pyridine rings is 1. The maximum Gasteiger partial charge on any atom is 0.283 e. The number of sulfonamides is 1. The number of amides is 1. The van der Waals surface area contributed by atoms with Crippen LogP contribution in [0.1, 0.15) is 80.4 Å². The van der Waals surface area contributed by atoms with Crippen LogP contribution in [0.3, 0.4) is 0 Å². The Morgan fingerprint density at radius 3 is 2.71 bits per heavy atom. The summed E-state index contributed by atoms with van der Waals surface area (Å²) in [5, 5.41) is -0.0391. The zero-order valence-electron chi connectivity index (χ0n) is 24.4. The Bertz CT molecular complexity index is 1480. The third kappa shape index (κ3) is 5.43. The fourth-order valence-electron chi connectivity index (χ4n) is 7.65. The van der Waals surface area contributed by atoms with E-state index < -0.39 is 21.2 Å². The molecule has 1 fully saturated rings. The summed E-state index contributed by atoms with van der Waals surface area (Å²) < 4.78 is 35.1. The quantitative estimate of drug-likeness (QED) is 0.434. The number of aromatic nitrogens is 1. The van der Waals surface area contributed by atoms with Gasteiger partial charge < -0.3 is 14.4 Å². The van der Waals surface area contributed by atoms with Gasteiger partial charge in [0, 0.05) is 29.4 Å². The normalized spacial score (nSPS) is 32.8. The van der Waals surface area contributed by atoms with Crippen LogP contribution < -0.4 is 14.4 Å². The van der Waals surface area contributed by atoms with E-state index >= 15 is 0 Å². The first-order valence-corrected chi connectivity index (χ1v) is 17.2. The lowest BCUT2D eigenvalue weighted by atomic mass is 9.65. The van der Waals surface area contributed by atoms with E-state index in [4.69, 9.17) is 21.3 Å². The minimum absolute atomic E-state index is 0.0422. The lowest BCUT2D eigenvalue weighted by Crippen LogP contribution is -2.49. The number of halogens is 1. The van der Waals surface area contributed by atoms with E-state index in [2.05, 4.69) is 21.8 Å². The zero-order valence-corrected chi connectivity index (χ0v) is 25.9. The Kier molecular flexibility index (Phi) is 8.02. The van der Waals surface area contributed by atoms with Gasteiger partial charge >= 0.3 is 0 Å². The first kappa shape index (κ1) is 29.4. The first-order valence-electron chi connectivity index (χ1n) is 15.3. The van der Waals surface area contributed by atoms with Gasteiger partial charge in [-0.1, -0.05) is 31.0 Å². The van der Waals surface area contributed by atoms with Gasteiger partial charge in [0.15, 0.2) is 11.6 Å². The van der Waals surface area contributed by atoms with Crippen molar-refractivity contribution in [1.82, 2.24) is 9.71 Å². The van der Waals surface area contributed by atoms with Gasteiger partial charge in [-0.2, -0.15) is 0 Å². The summed E-state index contributed by atoms with van der Waals surface area (Å²) in [5.41, 5.74) is 2.23. The van der Waals surface area contributed by atoms with Gasteiger partial charge in [0.2, 0.25) is 10.0 Å². The number of aryl methyl sites for hydroxylation is 1. The second kappa shape index (κ2) is 11.5. The minimum Gasteiger partial charge on any atom is -0.489 e. The molecule has 3 heterocycles. The number of nitrogens with one attached hydrogen (secondary N) is 1. The molecule has 1 amide bonds. The largest absolute Gasteiger partial charge is 0.489 e. The molecule has 2 aromatic rings. The number of fused-ring (bicyclic) bond motifs is 4. The van der Waals surface area contributed by atoms with E-state index in [1.54, 1.807) is 19.1 Å². The molecule has 4 aliphatic rings. The molecule has 2 aliphatic heterocycles. The molecule has 8 nitrogen and oxygen atoms in total. The molecule has 6 rings (SSSR count). The molecular formula is C32H40ClN3O5S. The van der Waals surface area contributed by atoms with Crippen molar-refractivity contribution in [3.63, 3.8) is 0 Å². The van der Waals surface area contributed by atoms with Gasteiger partial charge in [-0.25, -0.2) is 18.1 Å². The smallest absolute Gasteiger partial charge is 0.283 e. The lowest BCUT2D eigenvalue weighted by Gasteiger charge is -2.45. The predicted octanol–water partition coefficient (Wildman–Crippen LogP) is 5.32. The van der Waals surface area contributed by atoms with Crippen LogP contribution in [0.2, 0.25) is 5.02 Å². The van der Waals surface area contributed by atoms with Crippen LogP contribution in [-0.2, 0) is 26.7 Å². The summed E-state index contributed by atoms with van der Waals surface area (Å²) in [6, 6.07) is 9.41. The van der Waals surface area contributed by atoms with Gasteiger partial charge in [-0.15, -0.1) is 0 Å². The van der Waals surface area contributed by atoms with Gasteiger partial charge in [-0.3, -0.25) is 4.79 Å². The highest BCUT2D eigenvalue weighted by molar-refractivity contribution is 7.90. The minimum atomic E-state index is -3.93. The van der Waals surface area contributed by atoms with Crippen molar-refractivity contribution in [3.8, 4) is 5.75 Å². The maximum absolute atomic E-state index is 13.3. The Morgan fingerprint density at radius 2 is 1.95 bits per heavy atom. The van der Waals surface area contributed by atoms with Crippen molar-refractivity contribution >= 4 is 39.6 Å². The molecule has 0 radical (unpaired) electrons. The zero-order chi connectivity index (χ0) is 29.6. The number of nitrogens with zero attached hydrogens (tertiary/aromatic N) is 2. The number of carbonyl (C=O) groups is 2. The number of hydrogen-bond donors (Lipinski definition) is 1. The lowest BCUT2D eigenvalue weighted by molar-refractivity contribution is -0.115. The fraction of sp³-hybridized carbons (Fsp3) is 0.594. The number of rotatable bonds is 1. The molecular weight excluding hydrogens is 574 g/mol. The second-order valence-corrected chi connectivity index (χ2v) is 15.5. The molecule has 1 aromatic heterocycles. The average Bonchev–Trinajstić information content (AvgIpc) is 3.10. The van der Waals surface area contributed by atoms with Gasteiger partial charge in [0.25, 0.3) is 5.91 Å². The summed E-state index contributed by atoms with van der Waals surface area (Å²) in [4.78, 5) is 32.6. The van der Waals surface area contributed by atoms with Crippen molar-refractivity contribution in [2.75, 3.05) is 24.6 Å². The number of benzene rings is 1. The highest BCUT2D eigenvalue weighted by atomic mass is 35.5. The second-order valence-electron chi connectivity index (χ2n) is 13.0. The number of aldehydes is 1. The molecule has 226 valence electrons. The molecule has 1 aromatic carbocycles. The van der Waals surface area contributed by atoms with E-state index in [1.807, 2.05) is 13.0 Å². The van der Waals surface area contributed by atoms with Gasteiger partial charge in [-0.05, 0) is 105 Å².